The van der Waals surface area contributed by atoms with Gasteiger partial charge in [0.2, 0.25) is 0 Å². The quantitative estimate of drug-likeness (QED) is 0.0969. The lowest BCUT2D eigenvalue weighted by atomic mass is 9.86. The molecule has 2 amide bonds. The Bertz CT molecular complexity index is 1870. The Labute approximate surface area is 315 Å². The number of amides is 2. The molecule has 2 aromatic heterocycles. The van der Waals surface area contributed by atoms with Gasteiger partial charge in [0.05, 0.1) is 34.2 Å². The molecule has 20 heteroatoms. The van der Waals surface area contributed by atoms with Gasteiger partial charge >= 0.3 is 13.2 Å². The van der Waals surface area contributed by atoms with Gasteiger partial charge in [-0.3, -0.25) is 19.6 Å². The van der Waals surface area contributed by atoms with Crippen molar-refractivity contribution in [3.63, 3.8) is 0 Å². The Morgan fingerprint density at radius 1 is 0.607 bits per heavy atom. The van der Waals surface area contributed by atoms with Crippen molar-refractivity contribution in [2.45, 2.75) is 102 Å². The van der Waals surface area contributed by atoms with E-state index in [9.17, 15) is 53.5 Å². The Kier molecular flexibility index (Phi) is 13.8. The number of fused-ring (bicyclic) bond motifs is 2. The van der Waals surface area contributed by atoms with Crippen molar-refractivity contribution >= 4 is 33.6 Å². The predicted octanol–water partition coefficient (Wildman–Crippen LogP) is 7.45. The Hall–Kier alpha value is -4.98. The van der Waals surface area contributed by atoms with Gasteiger partial charge in [0, 0.05) is 62.3 Å². The summed E-state index contributed by atoms with van der Waals surface area (Å²) < 4.78 is 135. The number of hydrogen-bond donors (Lipinski definition) is 4. The molecule has 0 saturated heterocycles. The summed E-state index contributed by atoms with van der Waals surface area (Å²) in [6.07, 6.45) is -0.336. The summed E-state index contributed by atoms with van der Waals surface area (Å²) in [4.78, 5) is 32.6. The van der Waals surface area contributed by atoms with Gasteiger partial charge < -0.3 is 30.7 Å². The number of aromatic nitrogens is 2. The molecule has 56 heavy (non-hydrogen) atoms. The van der Waals surface area contributed by atoms with E-state index >= 15 is 0 Å². The molecule has 308 valence electrons. The van der Waals surface area contributed by atoms with Crippen LogP contribution in [0.4, 0.5) is 43.9 Å². The molecule has 0 radical (unpaired) electrons. The number of nitrogens with one attached hydrogen (secondary N) is 4. The Morgan fingerprint density at radius 2 is 0.964 bits per heavy atom. The van der Waals surface area contributed by atoms with E-state index in [4.69, 9.17) is 0 Å². The minimum Gasteiger partial charge on any atom is -0.432 e. The third-order valence-corrected chi connectivity index (χ3v) is 9.13. The van der Waals surface area contributed by atoms with Crippen molar-refractivity contribution < 1.29 is 65.8 Å². The first-order valence-electron chi connectivity index (χ1n) is 17.2. The van der Waals surface area contributed by atoms with E-state index in [1.165, 1.54) is 38.4 Å². The predicted molar refractivity (Wildman–Crippen MR) is 187 cm³/mol. The van der Waals surface area contributed by atoms with E-state index in [1.807, 2.05) is 0 Å². The van der Waals surface area contributed by atoms with Crippen LogP contribution in [0, 0.1) is 11.6 Å². The fourth-order valence-corrected chi connectivity index (χ4v) is 6.05. The Morgan fingerprint density at radius 3 is 1.29 bits per heavy atom. The third-order valence-electron chi connectivity index (χ3n) is 9.13. The van der Waals surface area contributed by atoms with Crippen LogP contribution in [-0.4, -0.2) is 84.1 Å². The summed E-state index contributed by atoms with van der Waals surface area (Å²) in [7, 11) is 0. The molecule has 2 aliphatic carbocycles. The van der Waals surface area contributed by atoms with Crippen LogP contribution in [0.25, 0.3) is 21.8 Å². The van der Waals surface area contributed by atoms with Crippen LogP contribution in [0.1, 0.15) is 63.1 Å². The summed E-state index contributed by atoms with van der Waals surface area (Å²) >= 11 is 0. The van der Waals surface area contributed by atoms with Gasteiger partial charge in [-0.2, -0.15) is 17.6 Å². The topological polar surface area (TPSA) is 126 Å². The summed E-state index contributed by atoms with van der Waals surface area (Å²) in [6.45, 7) is -3.54. The zero-order valence-electron chi connectivity index (χ0n) is 29.5. The van der Waals surface area contributed by atoms with Crippen LogP contribution in [-0.2, 0) is 0 Å². The van der Waals surface area contributed by atoms with Gasteiger partial charge in [0.25, 0.3) is 24.7 Å². The highest BCUT2D eigenvalue weighted by Crippen LogP contribution is 2.28. The molecule has 2 saturated carbocycles. The monoisotopic (exact) mass is 810 g/mol. The second-order valence-corrected chi connectivity index (χ2v) is 13.4. The van der Waals surface area contributed by atoms with E-state index < -0.39 is 73.1 Å². The number of halogens is 10. The van der Waals surface area contributed by atoms with Crippen LogP contribution in [0.5, 0.6) is 11.5 Å². The summed E-state index contributed by atoms with van der Waals surface area (Å²) in [5, 5.41) is 11.6. The molecule has 0 spiro atoms. The first kappa shape index (κ1) is 42.2. The van der Waals surface area contributed by atoms with Gasteiger partial charge in [0.15, 0.2) is 23.1 Å². The molecule has 0 aliphatic heterocycles. The number of carbonyl (C=O) groups is 2. The van der Waals surface area contributed by atoms with E-state index in [0.717, 1.165) is 24.3 Å². The molecule has 2 fully saturated rings. The zero-order chi connectivity index (χ0) is 40.8. The molecule has 2 aliphatic rings. The second-order valence-electron chi connectivity index (χ2n) is 13.4. The van der Waals surface area contributed by atoms with E-state index in [-0.39, 0.29) is 60.0 Å². The number of alkyl halides is 8. The largest absolute Gasteiger partial charge is 0.432 e. The van der Waals surface area contributed by atoms with E-state index in [2.05, 4.69) is 40.7 Å². The number of nitrogens with zero attached hydrogens (tertiary/aromatic N) is 2. The van der Waals surface area contributed by atoms with Gasteiger partial charge in [-0.1, -0.05) is 0 Å². The van der Waals surface area contributed by atoms with Crippen LogP contribution >= 0.6 is 0 Å². The molecule has 2 atom stereocenters. The minimum absolute atomic E-state index is 0. The molecule has 0 unspecified atom stereocenters. The zero-order valence-corrected chi connectivity index (χ0v) is 29.5. The maximum absolute atomic E-state index is 13.8. The molecule has 0 bridgehead atoms. The van der Waals surface area contributed by atoms with Crippen molar-refractivity contribution in [1.82, 2.24) is 31.2 Å². The number of rotatable bonds is 14. The first-order valence-corrected chi connectivity index (χ1v) is 17.2. The maximum Gasteiger partial charge on any atom is 0.387 e. The number of ether oxygens (including phenoxy) is 2. The van der Waals surface area contributed by atoms with Gasteiger partial charge in [-0.05, 0) is 63.8 Å². The molecular weight excluding hydrogens is 770 g/mol. The number of benzene rings is 2. The second kappa shape index (κ2) is 18.3. The highest BCUT2D eigenvalue weighted by Gasteiger charge is 2.34. The highest BCUT2D eigenvalue weighted by atomic mass is 19.3. The van der Waals surface area contributed by atoms with Crippen LogP contribution < -0.4 is 30.7 Å². The lowest BCUT2D eigenvalue weighted by Gasteiger charge is -2.38. The lowest BCUT2D eigenvalue weighted by Crippen LogP contribution is -2.55. The maximum atomic E-state index is 13.8. The fraction of sp³-hybridized carbons (Fsp3) is 0.444. The summed E-state index contributed by atoms with van der Waals surface area (Å²) in [5.41, 5.74) is 0.739. The molecular formula is C36H40F10N6O4. The normalized spacial score (nSPS) is 20.3. The molecule has 6 rings (SSSR count). The average molecular weight is 811 g/mol. The molecule has 2 aromatic carbocycles. The minimum atomic E-state index is -3.17. The fourth-order valence-electron chi connectivity index (χ4n) is 6.05. The van der Waals surface area contributed by atoms with Crippen molar-refractivity contribution in [2.75, 3.05) is 0 Å². The first-order chi connectivity index (χ1) is 26.4. The molecule has 2 heterocycles. The molecule has 4 aromatic rings. The van der Waals surface area contributed by atoms with E-state index in [0.29, 0.717) is 25.7 Å². The average Bonchev–Trinajstić information content (AvgIpc) is 3.09. The van der Waals surface area contributed by atoms with Crippen LogP contribution in [0.2, 0.25) is 0 Å². The SMILES string of the molecule is C[C@@H](NC1CC(NC(=O)c2cnc3cc(OC(F)F)c(F)cc3c2)C1)C(F)F.C[C@H](NC1CC(NC(=O)c2cnc3cc(OC(F)F)c(F)cc3c2)C1)C(F)F.[HH].[HH]. The molecule has 10 nitrogen and oxygen atoms in total. The van der Waals surface area contributed by atoms with Gasteiger partial charge in [0.1, 0.15) is 0 Å². The van der Waals surface area contributed by atoms with Gasteiger partial charge in [-0.15, -0.1) is 0 Å². The smallest absolute Gasteiger partial charge is 0.387 e. The standard InChI is InChI=1S/2C18H18F5N3O2.2H2/c2*1-8(16(20)21)25-11-4-12(5-11)26-17(27)10-2-9-3-13(19)15(28-18(22)23)6-14(9)24-7-10;;/h2*2-3,6-8,11-12,16,18,25H,4-5H2,1H3,(H,26,27);2*1H/t2*8-,11?,12?;;/m10../s1. The lowest BCUT2D eigenvalue weighted by molar-refractivity contribution is -0.0527. The number of hydrogen-bond acceptors (Lipinski definition) is 8. The summed E-state index contributed by atoms with van der Waals surface area (Å²) in [6, 6.07) is 4.43. The van der Waals surface area contributed by atoms with Crippen molar-refractivity contribution in [1.29, 1.82) is 0 Å². The highest BCUT2D eigenvalue weighted by molar-refractivity contribution is 5.98. The number of pyridine rings is 2. The van der Waals surface area contributed by atoms with Crippen molar-refractivity contribution in [3.05, 3.63) is 71.6 Å². The van der Waals surface area contributed by atoms with Crippen LogP contribution in [0.15, 0.2) is 48.8 Å². The Balaban J connectivity index is 0.000000300. The van der Waals surface area contributed by atoms with Gasteiger partial charge in [-0.25, -0.2) is 26.3 Å². The van der Waals surface area contributed by atoms with Crippen molar-refractivity contribution in [2.24, 2.45) is 0 Å². The van der Waals surface area contributed by atoms with Crippen LogP contribution in [0.3, 0.4) is 0 Å². The summed E-state index contributed by atoms with van der Waals surface area (Å²) in [5.74, 6) is -4.11. The van der Waals surface area contributed by atoms with Crippen molar-refractivity contribution in [3.8, 4) is 11.5 Å². The number of carbonyl (C=O) groups excluding carboxylic acids is 2. The van der Waals surface area contributed by atoms with E-state index in [1.54, 1.807) is 0 Å². The molecule has 4 N–H and O–H groups in total. The third kappa shape index (κ3) is 11.1.